The topological polar surface area (TPSA) is 64.7 Å². The Labute approximate surface area is 163 Å². The number of nitrogens with zero attached hydrogens (tertiary/aromatic N) is 4. The lowest BCUT2D eigenvalue weighted by Gasteiger charge is -2.09. The van der Waals surface area contributed by atoms with Crippen molar-refractivity contribution in [3.8, 4) is 0 Å². The Bertz CT molecular complexity index is 944. The van der Waals surface area contributed by atoms with E-state index in [9.17, 15) is 4.79 Å². The van der Waals surface area contributed by atoms with E-state index in [1.165, 1.54) is 11.8 Å². The van der Waals surface area contributed by atoms with Crippen LogP contribution in [0.15, 0.2) is 60.4 Å². The molecule has 6 nitrogen and oxygen atoms in total. The van der Waals surface area contributed by atoms with E-state index in [-0.39, 0.29) is 11.7 Å². The lowest BCUT2D eigenvalue weighted by atomic mass is 10.2. The molecule has 0 radical (unpaired) electrons. The van der Waals surface area contributed by atoms with Crippen molar-refractivity contribution in [1.82, 2.24) is 19.3 Å². The van der Waals surface area contributed by atoms with Crippen LogP contribution in [0.4, 0.5) is 5.69 Å². The van der Waals surface area contributed by atoms with E-state index in [4.69, 9.17) is 0 Å². The number of carbonyl (C=O) groups is 1. The predicted molar refractivity (Wildman–Crippen MR) is 109 cm³/mol. The van der Waals surface area contributed by atoms with Gasteiger partial charge in [0.05, 0.1) is 5.75 Å². The van der Waals surface area contributed by atoms with Crippen LogP contribution in [0.3, 0.4) is 0 Å². The van der Waals surface area contributed by atoms with Gasteiger partial charge in [0.15, 0.2) is 5.16 Å². The van der Waals surface area contributed by atoms with Crippen LogP contribution in [0, 0.1) is 6.92 Å². The largest absolute Gasteiger partial charge is 0.354 e. The lowest BCUT2D eigenvalue weighted by molar-refractivity contribution is -0.113. The second-order valence-corrected chi connectivity index (χ2v) is 7.23. The molecule has 7 heteroatoms. The Kier molecular flexibility index (Phi) is 6.13. The summed E-state index contributed by atoms with van der Waals surface area (Å²) in [7, 11) is 2.01. The molecule has 3 rings (SSSR count). The smallest absolute Gasteiger partial charge is 0.234 e. The minimum atomic E-state index is -0.0669. The van der Waals surface area contributed by atoms with E-state index in [1.54, 1.807) is 0 Å². The summed E-state index contributed by atoms with van der Waals surface area (Å²) in [6.45, 7) is 6.42. The Hall–Kier alpha value is -2.80. The molecule has 0 saturated heterocycles. The third-order valence-electron chi connectivity index (χ3n) is 4.13. The molecule has 140 valence electrons. The first-order valence-electron chi connectivity index (χ1n) is 8.69. The minimum absolute atomic E-state index is 0.0669. The number of aryl methyl sites for hydroxylation is 2. The van der Waals surface area contributed by atoms with Gasteiger partial charge in [-0.25, -0.2) is 0 Å². The maximum Gasteiger partial charge on any atom is 0.234 e. The van der Waals surface area contributed by atoms with E-state index in [1.807, 2.05) is 61.1 Å². The molecule has 27 heavy (non-hydrogen) atoms. The molecule has 1 amide bonds. The van der Waals surface area contributed by atoms with Crippen LogP contribution in [0.25, 0.3) is 0 Å². The molecule has 1 N–H and O–H groups in total. The van der Waals surface area contributed by atoms with Gasteiger partial charge in [-0.3, -0.25) is 4.79 Å². The van der Waals surface area contributed by atoms with Crippen LogP contribution >= 0.6 is 11.8 Å². The number of anilines is 1. The third kappa shape index (κ3) is 4.89. The number of rotatable bonds is 8. The number of allylic oxidation sites excluding steroid dienone is 1. The van der Waals surface area contributed by atoms with Crippen LogP contribution in [0.5, 0.6) is 0 Å². The fourth-order valence-electron chi connectivity index (χ4n) is 2.76. The van der Waals surface area contributed by atoms with Crippen molar-refractivity contribution < 1.29 is 4.79 Å². The zero-order valence-electron chi connectivity index (χ0n) is 15.6. The molecule has 0 aliphatic carbocycles. The number of hydrogen-bond donors (Lipinski definition) is 1. The summed E-state index contributed by atoms with van der Waals surface area (Å²) in [4.78, 5) is 12.3. The first kappa shape index (κ1) is 19.0. The van der Waals surface area contributed by atoms with Crippen LogP contribution in [0.1, 0.15) is 17.1 Å². The van der Waals surface area contributed by atoms with Crippen molar-refractivity contribution in [2.45, 2.75) is 25.0 Å². The molecule has 0 aliphatic heterocycles. The van der Waals surface area contributed by atoms with E-state index >= 15 is 0 Å². The Morgan fingerprint density at radius 1 is 1.30 bits per heavy atom. The van der Waals surface area contributed by atoms with Gasteiger partial charge in [-0.2, -0.15) is 0 Å². The second kappa shape index (κ2) is 8.73. The molecule has 0 bridgehead atoms. The van der Waals surface area contributed by atoms with E-state index in [0.29, 0.717) is 13.0 Å². The monoisotopic (exact) mass is 381 g/mol. The molecular weight excluding hydrogens is 358 g/mol. The zero-order chi connectivity index (χ0) is 19.2. The first-order valence-corrected chi connectivity index (χ1v) is 9.68. The zero-order valence-corrected chi connectivity index (χ0v) is 16.4. The number of hydrogen-bond acceptors (Lipinski definition) is 4. The molecule has 0 aliphatic rings. The average molecular weight is 382 g/mol. The lowest BCUT2D eigenvalue weighted by Crippen LogP contribution is -2.15. The third-order valence-corrected chi connectivity index (χ3v) is 5.10. The van der Waals surface area contributed by atoms with Crippen molar-refractivity contribution in [1.29, 1.82) is 0 Å². The summed E-state index contributed by atoms with van der Waals surface area (Å²) in [5.74, 6) is 1.06. The van der Waals surface area contributed by atoms with Crippen molar-refractivity contribution in [3.05, 3.63) is 72.3 Å². The Balaban J connectivity index is 1.66. The molecule has 2 aromatic heterocycles. The standard InChI is InChI=1S/C20H23N5OS/c1-4-10-25-18(13-17-9-6-11-24(17)3)22-23-20(25)27-14-19(26)21-16-8-5-7-15(2)12-16/h4-9,11-12H,1,10,13-14H2,2-3H3,(H,21,26). The van der Waals surface area contributed by atoms with Gasteiger partial charge in [0, 0.05) is 37.6 Å². The summed E-state index contributed by atoms with van der Waals surface area (Å²) in [6, 6.07) is 11.8. The van der Waals surface area contributed by atoms with Crippen molar-refractivity contribution in [3.63, 3.8) is 0 Å². The molecule has 0 atom stereocenters. The quantitative estimate of drug-likeness (QED) is 0.480. The van der Waals surface area contributed by atoms with Crippen molar-refractivity contribution in [2.24, 2.45) is 7.05 Å². The maximum absolute atomic E-state index is 12.3. The fourth-order valence-corrected chi connectivity index (χ4v) is 3.53. The highest BCUT2D eigenvalue weighted by Crippen LogP contribution is 2.20. The Morgan fingerprint density at radius 2 is 2.15 bits per heavy atom. The number of aromatic nitrogens is 4. The van der Waals surface area contributed by atoms with Gasteiger partial charge >= 0.3 is 0 Å². The van der Waals surface area contributed by atoms with Gasteiger partial charge in [-0.05, 0) is 36.8 Å². The molecule has 2 heterocycles. The Morgan fingerprint density at radius 3 is 2.85 bits per heavy atom. The van der Waals surface area contributed by atoms with E-state index in [2.05, 4.69) is 32.7 Å². The molecular formula is C20H23N5OS. The van der Waals surface area contributed by atoms with Crippen LogP contribution < -0.4 is 5.32 Å². The number of benzene rings is 1. The highest BCUT2D eigenvalue weighted by atomic mass is 32.2. The normalized spacial score (nSPS) is 10.7. The van der Waals surface area contributed by atoms with Crippen molar-refractivity contribution >= 4 is 23.4 Å². The fraction of sp³-hybridized carbons (Fsp3) is 0.250. The summed E-state index contributed by atoms with van der Waals surface area (Å²) in [5.41, 5.74) is 3.07. The molecule has 3 aromatic rings. The summed E-state index contributed by atoms with van der Waals surface area (Å²) >= 11 is 1.38. The molecule has 0 fully saturated rings. The van der Waals surface area contributed by atoms with Gasteiger partial charge in [-0.15, -0.1) is 16.8 Å². The number of carbonyl (C=O) groups excluding carboxylic acids is 1. The molecule has 1 aromatic carbocycles. The molecule has 0 saturated carbocycles. The van der Waals surface area contributed by atoms with Gasteiger partial charge in [0.25, 0.3) is 0 Å². The maximum atomic E-state index is 12.3. The summed E-state index contributed by atoms with van der Waals surface area (Å²) < 4.78 is 4.07. The second-order valence-electron chi connectivity index (χ2n) is 6.29. The highest BCUT2D eigenvalue weighted by molar-refractivity contribution is 7.99. The van der Waals surface area contributed by atoms with Gasteiger partial charge in [0.2, 0.25) is 5.91 Å². The SMILES string of the molecule is C=CCn1c(Cc2cccn2C)nnc1SCC(=O)Nc1cccc(C)c1. The van der Waals surface area contributed by atoms with Gasteiger partial charge in [0.1, 0.15) is 5.82 Å². The number of amides is 1. The van der Waals surface area contributed by atoms with E-state index in [0.717, 1.165) is 27.9 Å². The number of thioether (sulfide) groups is 1. The average Bonchev–Trinajstić information content (AvgIpc) is 3.21. The van der Waals surface area contributed by atoms with Crippen LogP contribution in [0.2, 0.25) is 0 Å². The van der Waals surface area contributed by atoms with Crippen LogP contribution in [-0.4, -0.2) is 31.0 Å². The predicted octanol–water partition coefficient (Wildman–Crippen LogP) is 3.43. The summed E-state index contributed by atoms with van der Waals surface area (Å²) in [5, 5.41) is 12.2. The number of nitrogens with one attached hydrogen (secondary N) is 1. The van der Waals surface area contributed by atoms with Gasteiger partial charge < -0.3 is 14.5 Å². The van der Waals surface area contributed by atoms with Gasteiger partial charge in [-0.1, -0.05) is 30.0 Å². The molecule has 0 unspecified atom stereocenters. The first-order chi connectivity index (χ1) is 13.1. The molecule has 0 spiro atoms. The van der Waals surface area contributed by atoms with E-state index < -0.39 is 0 Å². The van der Waals surface area contributed by atoms with Crippen LogP contribution in [-0.2, 0) is 24.8 Å². The minimum Gasteiger partial charge on any atom is -0.354 e. The highest BCUT2D eigenvalue weighted by Gasteiger charge is 2.15. The summed E-state index contributed by atoms with van der Waals surface area (Å²) in [6.07, 6.45) is 4.50. The van der Waals surface area contributed by atoms with Crippen molar-refractivity contribution in [2.75, 3.05) is 11.1 Å².